The molecule has 0 amide bonds. The number of hydrogen-bond donors (Lipinski definition) is 0. The molecule has 4 heterocycles. The van der Waals surface area contributed by atoms with E-state index >= 15 is 0 Å². The van der Waals surface area contributed by atoms with Crippen molar-refractivity contribution in [3.05, 3.63) is 131 Å². The molecule has 238 valence electrons. The van der Waals surface area contributed by atoms with Gasteiger partial charge in [-0.1, -0.05) is 86.6 Å². The van der Waals surface area contributed by atoms with E-state index in [0.29, 0.717) is 5.71 Å². The summed E-state index contributed by atoms with van der Waals surface area (Å²) in [5.74, 6) is 1.06. The van der Waals surface area contributed by atoms with Crippen LogP contribution in [0.1, 0.15) is 47.7 Å². The summed E-state index contributed by atoms with van der Waals surface area (Å²) in [6.45, 7) is 13.0. The maximum absolute atomic E-state index is 6.83. The number of furan rings is 1. The number of imidazole rings is 1. The minimum absolute atomic E-state index is 0.241. The number of aromatic nitrogens is 4. The summed E-state index contributed by atoms with van der Waals surface area (Å²) >= 11 is 0. The molecule has 0 fully saturated rings. The number of aryl methyl sites for hydroxylation is 4. The van der Waals surface area contributed by atoms with Gasteiger partial charge < -0.3 is 4.42 Å². The second kappa shape index (κ2) is 10.9. The molecule has 5 nitrogen and oxygen atoms in total. The molecule has 9 aromatic rings. The Morgan fingerprint density at radius 1 is 0.653 bits per heavy atom. The maximum Gasteiger partial charge on any atom is 0.227 e. The first-order chi connectivity index (χ1) is 23.8. The predicted octanol–water partition coefficient (Wildman–Crippen LogP) is 11.7. The van der Waals surface area contributed by atoms with Crippen molar-refractivity contribution < 1.29 is 4.42 Å². The van der Waals surface area contributed by atoms with Crippen molar-refractivity contribution in [2.45, 2.75) is 47.5 Å². The zero-order valence-electron chi connectivity index (χ0n) is 28.6. The van der Waals surface area contributed by atoms with Gasteiger partial charge in [0.15, 0.2) is 0 Å². The summed E-state index contributed by atoms with van der Waals surface area (Å²) in [7, 11) is 0. The lowest BCUT2D eigenvalue weighted by Crippen LogP contribution is -2.06. The summed E-state index contributed by atoms with van der Waals surface area (Å²) in [5, 5.41) is 6.97. The summed E-state index contributed by atoms with van der Waals surface area (Å²) in [6.07, 6.45) is 1.97. The van der Waals surface area contributed by atoms with E-state index in [1.54, 1.807) is 0 Å². The fourth-order valence-corrected chi connectivity index (χ4v) is 7.92. The molecule has 0 saturated heterocycles. The third-order valence-electron chi connectivity index (χ3n) is 10.1. The van der Waals surface area contributed by atoms with Crippen molar-refractivity contribution in [2.75, 3.05) is 0 Å². The molecule has 49 heavy (non-hydrogen) atoms. The molecule has 5 heteroatoms. The topological polar surface area (TPSA) is 56.7 Å². The number of nitrogens with zero attached hydrogens (tertiary/aromatic N) is 4. The zero-order chi connectivity index (χ0) is 33.6. The van der Waals surface area contributed by atoms with Crippen molar-refractivity contribution in [1.29, 1.82) is 0 Å². The largest absolute Gasteiger partial charge is 0.437 e. The number of benzene rings is 5. The summed E-state index contributed by atoms with van der Waals surface area (Å²) in [4.78, 5) is 15.3. The van der Waals surface area contributed by atoms with Crippen LogP contribution in [0.5, 0.6) is 0 Å². The van der Waals surface area contributed by atoms with E-state index in [-0.39, 0.29) is 5.92 Å². The number of fused-ring (bicyclic) bond motifs is 7. The van der Waals surface area contributed by atoms with Crippen molar-refractivity contribution in [1.82, 2.24) is 19.5 Å². The fraction of sp³-hybridized carbons (Fsp3) is 0.159. The van der Waals surface area contributed by atoms with Crippen molar-refractivity contribution in [2.24, 2.45) is 0 Å². The van der Waals surface area contributed by atoms with Gasteiger partial charge in [0.05, 0.1) is 34.2 Å². The number of rotatable bonds is 4. The SMILES string of the molecule is Cc1cc2nc(-c3ccc(C)c4c3oc3nc(-c5c(C)cccc5C)ccc34)n(-c3c(C(C)C)c4ccccc4c4ccccc34)c2cn1. The van der Waals surface area contributed by atoms with Gasteiger partial charge in [0, 0.05) is 27.4 Å². The molecule has 0 aliphatic rings. The number of pyridine rings is 2. The second-order valence-corrected chi connectivity index (χ2v) is 13.6. The quantitative estimate of drug-likeness (QED) is 0.180. The Kier molecular flexibility index (Phi) is 6.50. The zero-order valence-corrected chi connectivity index (χ0v) is 28.6. The highest BCUT2D eigenvalue weighted by Crippen LogP contribution is 2.44. The van der Waals surface area contributed by atoms with Gasteiger partial charge in [0.2, 0.25) is 5.71 Å². The van der Waals surface area contributed by atoms with Gasteiger partial charge in [-0.2, -0.15) is 0 Å². The molecular formula is C44H36N4O. The molecule has 0 bridgehead atoms. The van der Waals surface area contributed by atoms with Crippen molar-refractivity contribution in [3.8, 4) is 28.3 Å². The van der Waals surface area contributed by atoms with E-state index in [2.05, 4.69) is 136 Å². The van der Waals surface area contributed by atoms with Crippen LogP contribution < -0.4 is 0 Å². The Hall–Kier alpha value is -5.81. The van der Waals surface area contributed by atoms with Crippen LogP contribution in [-0.2, 0) is 0 Å². The van der Waals surface area contributed by atoms with E-state index in [0.717, 1.165) is 67.0 Å². The minimum atomic E-state index is 0.241. The molecular weight excluding hydrogens is 601 g/mol. The van der Waals surface area contributed by atoms with Crippen LogP contribution in [0.25, 0.3) is 83.0 Å². The van der Waals surface area contributed by atoms with Gasteiger partial charge >= 0.3 is 0 Å². The van der Waals surface area contributed by atoms with Crippen LogP contribution in [0.4, 0.5) is 0 Å². The number of hydrogen-bond acceptors (Lipinski definition) is 4. The molecule has 0 saturated carbocycles. The molecule has 0 N–H and O–H groups in total. The van der Waals surface area contributed by atoms with Gasteiger partial charge in [-0.05, 0) is 96.3 Å². The second-order valence-electron chi connectivity index (χ2n) is 13.6. The Balaban J connectivity index is 1.41. The summed E-state index contributed by atoms with van der Waals surface area (Å²) < 4.78 is 9.16. The first-order valence-electron chi connectivity index (χ1n) is 17.0. The average Bonchev–Trinajstić information content (AvgIpc) is 3.66. The average molecular weight is 637 g/mol. The van der Waals surface area contributed by atoms with Gasteiger partial charge in [-0.15, -0.1) is 0 Å². The Morgan fingerprint density at radius 2 is 1.35 bits per heavy atom. The molecule has 0 aliphatic heterocycles. The smallest absolute Gasteiger partial charge is 0.227 e. The lowest BCUT2D eigenvalue weighted by atomic mass is 9.89. The van der Waals surface area contributed by atoms with Gasteiger partial charge in [0.1, 0.15) is 11.4 Å². The van der Waals surface area contributed by atoms with Crippen LogP contribution in [0.15, 0.2) is 108 Å². The normalized spacial score (nSPS) is 12.1. The molecule has 0 radical (unpaired) electrons. The summed E-state index contributed by atoms with van der Waals surface area (Å²) in [6, 6.07) is 34.6. The third kappa shape index (κ3) is 4.35. The molecule has 9 rings (SSSR count). The first kappa shape index (κ1) is 29.3. The van der Waals surface area contributed by atoms with Crippen LogP contribution >= 0.6 is 0 Å². The van der Waals surface area contributed by atoms with Crippen molar-refractivity contribution in [3.63, 3.8) is 0 Å². The standard InChI is InChI=1S/C44H36N4O/c1-24(2)38-31-16-9-7-14-29(31)30-15-8-10-17-32(30)41(38)48-37-23-45-28(6)22-36(37)46-43(48)34-19-18-27(5)40-33-20-21-35(47-44(33)49-42(34)40)39-25(3)12-11-13-26(39)4/h7-24H,1-6H3. The highest BCUT2D eigenvalue weighted by Gasteiger charge is 2.26. The lowest BCUT2D eigenvalue weighted by Gasteiger charge is -2.22. The van der Waals surface area contributed by atoms with E-state index in [1.807, 2.05) is 13.1 Å². The van der Waals surface area contributed by atoms with Crippen molar-refractivity contribution >= 4 is 54.6 Å². The molecule has 4 aromatic heterocycles. The van der Waals surface area contributed by atoms with Crippen LogP contribution in [0.3, 0.4) is 0 Å². The Labute approximate surface area is 284 Å². The van der Waals surface area contributed by atoms with Gasteiger partial charge in [-0.25, -0.2) is 9.97 Å². The van der Waals surface area contributed by atoms with Crippen LogP contribution in [0.2, 0.25) is 0 Å². The molecule has 0 spiro atoms. The Morgan fingerprint density at radius 3 is 2.08 bits per heavy atom. The van der Waals surface area contributed by atoms with Gasteiger partial charge in [-0.3, -0.25) is 9.55 Å². The van der Waals surface area contributed by atoms with E-state index in [1.165, 1.54) is 38.2 Å². The maximum atomic E-state index is 6.83. The summed E-state index contributed by atoms with van der Waals surface area (Å²) in [5.41, 5.74) is 13.1. The minimum Gasteiger partial charge on any atom is -0.437 e. The Bertz CT molecular complexity index is 2780. The highest BCUT2D eigenvalue weighted by atomic mass is 16.3. The van der Waals surface area contributed by atoms with Gasteiger partial charge in [0.25, 0.3) is 0 Å². The predicted molar refractivity (Wildman–Crippen MR) is 203 cm³/mol. The lowest BCUT2D eigenvalue weighted by molar-refractivity contribution is 0.655. The molecule has 0 atom stereocenters. The molecule has 0 unspecified atom stereocenters. The van der Waals surface area contributed by atoms with Crippen LogP contribution in [-0.4, -0.2) is 19.5 Å². The molecule has 0 aliphatic carbocycles. The van der Waals surface area contributed by atoms with Crippen LogP contribution in [0, 0.1) is 27.7 Å². The van der Waals surface area contributed by atoms with E-state index in [4.69, 9.17) is 19.4 Å². The highest BCUT2D eigenvalue weighted by molar-refractivity contribution is 6.15. The monoisotopic (exact) mass is 636 g/mol. The third-order valence-corrected chi connectivity index (χ3v) is 10.1. The fourth-order valence-electron chi connectivity index (χ4n) is 7.92. The van der Waals surface area contributed by atoms with E-state index < -0.39 is 0 Å². The van der Waals surface area contributed by atoms with E-state index in [9.17, 15) is 0 Å². The first-order valence-corrected chi connectivity index (χ1v) is 17.0. The molecule has 5 aromatic carbocycles.